The monoisotopic (exact) mass is 290 g/mol. The van der Waals surface area contributed by atoms with Crippen molar-refractivity contribution in [2.45, 2.75) is 38.8 Å². The number of carboxylic acids is 1. The van der Waals surface area contributed by atoms with Crippen LogP contribution in [0.3, 0.4) is 0 Å². The minimum absolute atomic E-state index is 0.0813. The van der Waals surface area contributed by atoms with E-state index in [4.69, 9.17) is 5.11 Å². The fourth-order valence-corrected chi connectivity index (χ4v) is 2.87. The Morgan fingerprint density at radius 2 is 2.05 bits per heavy atom. The Morgan fingerprint density at radius 3 is 2.62 bits per heavy atom. The zero-order valence-electron chi connectivity index (χ0n) is 12.6. The summed E-state index contributed by atoms with van der Waals surface area (Å²) in [7, 11) is 0. The van der Waals surface area contributed by atoms with Crippen LogP contribution in [0.15, 0.2) is 24.3 Å². The van der Waals surface area contributed by atoms with Crippen molar-refractivity contribution in [1.29, 1.82) is 0 Å². The molecule has 1 aliphatic heterocycles. The number of hydrogen-bond acceptors (Lipinski definition) is 3. The van der Waals surface area contributed by atoms with Crippen molar-refractivity contribution in [3.8, 4) is 0 Å². The van der Waals surface area contributed by atoms with E-state index in [1.54, 1.807) is 12.1 Å². The molecular formula is C16H22N2O3. The van der Waals surface area contributed by atoms with Crippen LogP contribution in [-0.4, -0.2) is 40.5 Å². The van der Waals surface area contributed by atoms with Gasteiger partial charge in [0.1, 0.15) is 0 Å². The fraction of sp³-hybridized carbons (Fsp3) is 0.500. The van der Waals surface area contributed by atoms with Crippen molar-refractivity contribution < 1.29 is 14.7 Å². The molecule has 1 amide bonds. The average molecular weight is 290 g/mol. The second-order valence-electron chi connectivity index (χ2n) is 5.70. The molecule has 1 atom stereocenters. The Hall–Kier alpha value is -1.88. The van der Waals surface area contributed by atoms with Crippen LogP contribution in [0.25, 0.3) is 0 Å². The van der Waals surface area contributed by atoms with Crippen LogP contribution in [0, 0.1) is 0 Å². The number of piperazine rings is 1. The molecule has 1 aromatic rings. The molecule has 1 aromatic carbocycles. The molecule has 0 bridgehead atoms. The quantitative estimate of drug-likeness (QED) is 0.868. The standard InChI is InChI=1S/C16H22N2O3/c1-3-8-16(2)15(21)17-9-10-18(16)11-12-4-6-13(7-5-12)14(19)20/h4-7H,3,8-11H2,1-2H3,(H,17,21)(H,19,20). The highest BCUT2D eigenvalue weighted by molar-refractivity contribution is 5.87. The number of carboxylic acid groups (broad SMARTS) is 1. The van der Waals surface area contributed by atoms with E-state index in [0.29, 0.717) is 13.1 Å². The molecule has 1 unspecified atom stereocenters. The Bertz CT molecular complexity index is 527. The molecule has 1 fully saturated rings. The van der Waals surface area contributed by atoms with Crippen LogP contribution >= 0.6 is 0 Å². The van der Waals surface area contributed by atoms with Gasteiger partial charge in [-0.25, -0.2) is 4.79 Å². The van der Waals surface area contributed by atoms with Crippen molar-refractivity contribution in [1.82, 2.24) is 10.2 Å². The SMILES string of the molecule is CCCC1(C)C(=O)NCCN1Cc1ccc(C(=O)O)cc1. The van der Waals surface area contributed by atoms with E-state index >= 15 is 0 Å². The molecule has 5 heteroatoms. The number of amides is 1. The molecule has 1 heterocycles. The zero-order valence-corrected chi connectivity index (χ0v) is 12.6. The maximum atomic E-state index is 12.2. The van der Waals surface area contributed by atoms with Gasteiger partial charge >= 0.3 is 5.97 Å². The maximum Gasteiger partial charge on any atom is 0.335 e. The van der Waals surface area contributed by atoms with Crippen molar-refractivity contribution in [3.63, 3.8) is 0 Å². The summed E-state index contributed by atoms with van der Waals surface area (Å²) in [6.07, 6.45) is 1.75. The third-order valence-electron chi connectivity index (χ3n) is 4.17. The van der Waals surface area contributed by atoms with Gasteiger partial charge in [-0.1, -0.05) is 25.5 Å². The summed E-state index contributed by atoms with van der Waals surface area (Å²) in [5.41, 5.74) is 0.821. The van der Waals surface area contributed by atoms with Crippen molar-refractivity contribution in [3.05, 3.63) is 35.4 Å². The van der Waals surface area contributed by atoms with Gasteiger partial charge in [0.25, 0.3) is 0 Å². The molecule has 0 saturated carbocycles. The second-order valence-corrected chi connectivity index (χ2v) is 5.70. The van der Waals surface area contributed by atoms with Crippen LogP contribution in [0.1, 0.15) is 42.6 Å². The highest BCUT2D eigenvalue weighted by Gasteiger charge is 2.40. The van der Waals surface area contributed by atoms with Crippen molar-refractivity contribution in [2.24, 2.45) is 0 Å². The molecule has 1 aliphatic rings. The second kappa shape index (κ2) is 6.26. The van der Waals surface area contributed by atoms with Gasteiger partial charge in [-0.2, -0.15) is 0 Å². The average Bonchev–Trinajstić information content (AvgIpc) is 2.45. The summed E-state index contributed by atoms with van der Waals surface area (Å²) >= 11 is 0. The third-order valence-corrected chi connectivity index (χ3v) is 4.17. The van der Waals surface area contributed by atoms with E-state index in [-0.39, 0.29) is 11.5 Å². The summed E-state index contributed by atoms with van der Waals surface area (Å²) < 4.78 is 0. The van der Waals surface area contributed by atoms with Gasteiger partial charge in [0, 0.05) is 19.6 Å². The fourth-order valence-electron chi connectivity index (χ4n) is 2.87. The highest BCUT2D eigenvalue weighted by Crippen LogP contribution is 2.26. The third kappa shape index (κ3) is 3.24. The topological polar surface area (TPSA) is 69.6 Å². The Labute approximate surface area is 125 Å². The van der Waals surface area contributed by atoms with Gasteiger partial charge in [-0.3, -0.25) is 9.69 Å². The number of carbonyl (C=O) groups is 2. The van der Waals surface area contributed by atoms with Crippen LogP contribution in [-0.2, 0) is 11.3 Å². The minimum Gasteiger partial charge on any atom is -0.478 e. The summed E-state index contributed by atoms with van der Waals surface area (Å²) in [4.78, 5) is 25.3. The van der Waals surface area contributed by atoms with Gasteiger partial charge in [0.15, 0.2) is 0 Å². The Morgan fingerprint density at radius 1 is 1.38 bits per heavy atom. The Balaban J connectivity index is 2.15. The van der Waals surface area contributed by atoms with E-state index in [9.17, 15) is 9.59 Å². The number of nitrogens with zero attached hydrogens (tertiary/aromatic N) is 1. The van der Waals surface area contributed by atoms with Crippen molar-refractivity contribution >= 4 is 11.9 Å². The van der Waals surface area contributed by atoms with Gasteiger partial charge < -0.3 is 10.4 Å². The van der Waals surface area contributed by atoms with Crippen LogP contribution in [0.2, 0.25) is 0 Å². The molecule has 5 nitrogen and oxygen atoms in total. The van der Waals surface area contributed by atoms with Gasteiger partial charge in [0.05, 0.1) is 11.1 Å². The number of carbonyl (C=O) groups excluding carboxylic acids is 1. The predicted molar refractivity (Wildman–Crippen MR) is 80.1 cm³/mol. The minimum atomic E-state index is -0.922. The number of aromatic carboxylic acids is 1. The van der Waals surface area contributed by atoms with E-state index in [0.717, 1.165) is 24.9 Å². The molecule has 2 N–H and O–H groups in total. The number of benzene rings is 1. The Kier molecular flexibility index (Phi) is 4.63. The predicted octanol–water partition coefficient (Wildman–Crippen LogP) is 1.88. The van der Waals surface area contributed by atoms with E-state index in [1.807, 2.05) is 19.1 Å². The summed E-state index contributed by atoms with van der Waals surface area (Å²) in [6, 6.07) is 6.86. The molecule has 0 radical (unpaired) electrons. The number of rotatable bonds is 5. The molecule has 0 aromatic heterocycles. The van der Waals surface area contributed by atoms with Gasteiger partial charge in [-0.05, 0) is 31.0 Å². The van der Waals surface area contributed by atoms with Gasteiger partial charge in [0.2, 0.25) is 5.91 Å². The van der Waals surface area contributed by atoms with Crippen LogP contribution < -0.4 is 5.32 Å². The molecule has 114 valence electrons. The zero-order chi connectivity index (χ0) is 15.5. The summed E-state index contributed by atoms with van der Waals surface area (Å²) in [5.74, 6) is -0.840. The van der Waals surface area contributed by atoms with Crippen molar-refractivity contribution in [2.75, 3.05) is 13.1 Å². The lowest BCUT2D eigenvalue weighted by Crippen LogP contribution is -2.62. The molecular weight excluding hydrogens is 268 g/mol. The summed E-state index contributed by atoms with van der Waals surface area (Å²) in [6.45, 7) is 6.18. The molecule has 2 rings (SSSR count). The van der Waals surface area contributed by atoms with E-state index in [2.05, 4.69) is 17.1 Å². The van der Waals surface area contributed by atoms with E-state index < -0.39 is 11.5 Å². The summed E-state index contributed by atoms with van der Waals surface area (Å²) in [5, 5.41) is 11.9. The normalized spacial score (nSPS) is 22.9. The molecule has 0 aliphatic carbocycles. The first-order valence-corrected chi connectivity index (χ1v) is 7.33. The van der Waals surface area contributed by atoms with Gasteiger partial charge in [-0.15, -0.1) is 0 Å². The van der Waals surface area contributed by atoms with E-state index in [1.165, 1.54) is 0 Å². The lowest BCUT2D eigenvalue weighted by atomic mass is 9.90. The van der Waals surface area contributed by atoms with Crippen LogP contribution in [0.4, 0.5) is 0 Å². The molecule has 1 saturated heterocycles. The largest absolute Gasteiger partial charge is 0.478 e. The number of hydrogen-bond donors (Lipinski definition) is 2. The highest BCUT2D eigenvalue weighted by atomic mass is 16.4. The molecule has 21 heavy (non-hydrogen) atoms. The lowest BCUT2D eigenvalue weighted by molar-refractivity contribution is -0.137. The maximum absolute atomic E-state index is 12.2. The smallest absolute Gasteiger partial charge is 0.335 e. The van der Waals surface area contributed by atoms with Crippen LogP contribution in [0.5, 0.6) is 0 Å². The lowest BCUT2D eigenvalue weighted by Gasteiger charge is -2.43. The molecule has 0 spiro atoms. The first kappa shape index (κ1) is 15.5. The number of nitrogens with one attached hydrogen (secondary N) is 1. The first-order valence-electron chi connectivity index (χ1n) is 7.33. The first-order chi connectivity index (χ1) is 9.97.